The maximum atomic E-state index is 12.6. The van der Waals surface area contributed by atoms with Crippen molar-refractivity contribution < 1.29 is 27.4 Å². The molecule has 0 unspecified atom stereocenters. The minimum atomic E-state index is -4.09. The zero-order valence-corrected chi connectivity index (χ0v) is 21.0. The van der Waals surface area contributed by atoms with Crippen LogP contribution in [0.15, 0.2) is 102 Å². The number of sulfonamides is 1. The Morgan fingerprint density at radius 1 is 0.889 bits per heavy atom. The van der Waals surface area contributed by atoms with Crippen molar-refractivity contribution in [3.05, 3.63) is 114 Å². The highest BCUT2D eigenvalue weighted by atomic mass is 32.2. The van der Waals surface area contributed by atoms with Crippen LogP contribution in [0.2, 0.25) is 0 Å². The first-order valence-corrected chi connectivity index (χ1v) is 13.0. The SMILES string of the molecule is C=CC[C@@H](OC(=O)NS(=O)(=O)c1ccc(C)cc1)[C@@H](COCc1ccccc1)OCc1ccccc1. The molecule has 0 saturated carbocycles. The molecule has 8 heteroatoms. The number of benzene rings is 3. The summed E-state index contributed by atoms with van der Waals surface area (Å²) in [6.07, 6.45) is -0.761. The predicted molar refractivity (Wildman–Crippen MR) is 138 cm³/mol. The van der Waals surface area contributed by atoms with Gasteiger partial charge in [-0.25, -0.2) is 17.9 Å². The van der Waals surface area contributed by atoms with Crippen molar-refractivity contribution in [1.29, 1.82) is 0 Å². The Kier molecular flexibility index (Phi) is 10.2. The van der Waals surface area contributed by atoms with Crippen LogP contribution in [-0.2, 0) is 37.4 Å². The Bertz CT molecular complexity index is 1200. The summed E-state index contributed by atoms with van der Waals surface area (Å²) in [4.78, 5) is 12.6. The number of carbonyl (C=O) groups excluding carboxylic acids is 1. The van der Waals surface area contributed by atoms with Crippen molar-refractivity contribution in [3.63, 3.8) is 0 Å². The van der Waals surface area contributed by atoms with Gasteiger partial charge in [0.25, 0.3) is 10.0 Å². The fraction of sp³-hybridized carbons (Fsp3) is 0.250. The van der Waals surface area contributed by atoms with Gasteiger partial charge in [-0.05, 0) is 30.2 Å². The van der Waals surface area contributed by atoms with Crippen LogP contribution < -0.4 is 4.72 Å². The van der Waals surface area contributed by atoms with E-state index in [1.165, 1.54) is 12.1 Å². The molecule has 0 fully saturated rings. The Hall–Kier alpha value is -3.46. The molecule has 1 amide bonds. The summed E-state index contributed by atoms with van der Waals surface area (Å²) in [6.45, 7) is 6.32. The van der Waals surface area contributed by atoms with Gasteiger partial charge >= 0.3 is 6.09 Å². The number of ether oxygens (including phenoxy) is 3. The summed E-state index contributed by atoms with van der Waals surface area (Å²) in [5.41, 5.74) is 2.83. The maximum Gasteiger partial charge on any atom is 0.421 e. The lowest BCUT2D eigenvalue weighted by Gasteiger charge is -2.26. The highest BCUT2D eigenvalue weighted by Gasteiger charge is 2.28. The van der Waals surface area contributed by atoms with Crippen LogP contribution in [0.5, 0.6) is 0 Å². The molecule has 0 saturated heterocycles. The van der Waals surface area contributed by atoms with Gasteiger partial charge in [-0.2, -0.15) is 0 Å². The summed E-state index contributed by atoms with van der Waals surface area (Å²) in [5, 5.41) is 0. The minimum absolute atomic E-state index is 0.0339. The zero-order chi connectivity index (χ0) is 25.8. The third-order valence-corrected chi connectivity index (χ3v) is 6.65. The molecule has 0 aliphatic heterocycles. The Balaban J connectivity index is 1.69. The first-order valence-electron chi connectivity index (χ1n) is 11.6. The summed E-state index contributed by atoms with van der Waals surface area (Å²) in [5.74, 6) is 0. The van der Waals surface area contributed by atoms with Crippen LogP contribution in [0.1, 0.15) is 23.1 Å². The van der Waals surface area contributed by atoms with E-state index in [4.69, 9.17) is 14.2 Å². The lowest BCUT2D eigenvalue weighted by atomic mass is 10.1. The van der Waals surface area contributed by atoms with Crippen LogP contribution in [0.3, 0.4) is 0 Å². The Labute approximate surface area is 212 Å². The molecule has 190 valence electrons. The molecule has 0 spiro atoms. The molecular formula is C28H31NO6S. The number of hydrogen-bond acceptors (Lipinski definition) is 6. The highest BCUT2D eigenvalue weighted by Crippen LogP contribution is 2.16. The van der Waals surface area contributed by atoms with E-state index in [1.807, 2.05) is 72.3 Å². The summed E-state index contributed by atoms with van der Waals surface area (Å²) in [7, 11) is -4.09. The average molecular weight is 510 g/mol. The topological polar surface area (TPSA) is 90.9 Å². The summed E-state index contributed by atoms with van der Waals surface area (Å²) < 4.78 is 44.7. The molecule has 0 bridgehead atoms. The van der Waals surface area contributed by atoms with Gasteiger partial charge in [0, 0.05) is 6.42 Å². The minimum Gasteiger partial charge on any atom is -0.442 e. The molecule has 0 aromatic heterocycles. The van der Waals surface area contributed by atoms with E-state index in [9.17, 15) is 13.2 Å². The molecule has 2 atom stereocenters. The molecule has 3 aromatic rings. The Morgan fingerprint density at radius 2 is 1.47 bits per heavy atom. The zero-order valence-electron chi connectivity index (χ0n) is 20.2. The second-order valence-electron chi connectivity index (χ2n) is 8.22. The summed E-state index contributed by atoms with van der Waals surface area (Å²) >= 11 is 0. The van der Waals surface area contributed by atoms with E-state index in [0.29, 0.717) is 6.61 Å². The molecular weight excluding hydrogens is 478 g/mol. The molecule has 0 aliphatic carbocycles. The second-order valence-corrected chi connectivity index (χ2v) is 9.90. The second kappa shape index (κ2) is 13.6. The van der Waals surface area contributed by atoms with Crippen LogP contribution in [0, 0.1) is 6.92 Å². The molecule has 36 heavy (non-hydrogen) atoms. The van der Waals surface area contributed by atoms with Gasteiger partial charge in [-0.15, -0.1) is 6.58 Å². The molecule has 0 heterocycles. The summed E-state index contributed by atoms with van der Waals surface area (Å²) in [6, 6.07) is 25.4. The van der Waals surface area contributed by atoms with Crippen LogP contribution in [0.4, 0.5) is 4.79 Å². The Morgan fingerprint density at radius 3 is 2.06 bits per heavy atom. The largest absolute Gasteiger partial charge is 0.442 e. The van der Waals surface area contributed by atoms with Crippen molar-refractivity contribution in [2.24, 2.45) is 0 Å². The number of nitrogens with one attached hydrogen (secondary N) is 1. The van der Waals surface area contributed by atoms with E-state index in [2.05, 4.69) is 6.58 Å². The predicted octanol–water partition coefficient (Wildman–Crippen LogP) is 5.16. The van der Waals surface area contributed by atoms with Crippen molar-refractivity contribution in [2.75, 3.05) is 6.61 Å². The van der Waals surface area contributed by atoms with Gasteiger partial charge in [0.05, 0.1) is 24.7 Å². The standard InChI is InChI=1S/C28H31NO6S/c1-3-10-26(35-28(30)29-36(31,32)25-17-15-22(2)16-18-25)27(34-20-24-13-8-5-9-14-24)21-33-19-23-11-6-4-7-12-23/h3-9,11-18,26-27H,1,10,19-21H2,2H3,(H,29,30)/t26-,27-/m1/s1. The molecule has 3 aromatic carbocycles. The maximum absolute atomic E-state index is 12.6. The molecule has 0 aliphatic rings. The fourth-order valence-corrected chi connectivity index (χ4v) is 4.27. The van der Waals surface area contributed by atoms with Crippen molar-refractivity contribution in [3.8, 4) is 0 Å². The molecule has 7 nitrogen and oxygen atoms in total. The van der Waals surface area contributed by atoms with Crippen molar-refractivity contribution in [1.82, 2.24) is 4.72 Å². The first kappa shape index (κ1) is 27.1. The monoisotopic (exact) mass is 509 g/mol. The van der Waals surface area contributed by atoms with Crippen molar-refractivity contribution in [2.45, 2.75) is 43.7 Å². The third-order valence-electron chi connectivity index (χ3n) is 5.32. The van der Waals surface area contributed by atoms with Crippen molar-refractivity contribution >= 4 is 16.1 Å². The number of rotatable bonds is 13. The third kappa shape index (κ3) is 8.64. The van der Waals surface area contributed by atoms with E-state index >= 15 is 0 Å². The number of aryl methyl sites for hydroxylation is 1. The van der Waals surface area contributed by atoms with Gasteiger partial charge in [0.15, 0.2) is 0 Å². The number of carbonyl (C=O) groups is 1. The van der Waals surface area contributed by atoms with Gasteiger partial charge < -0.3 is 14.2 Å². The average Bonchev–Trinajstić information content (AvgIpc) is 2.87. The molecule has 0 radical (unpaired) electrons. The van der Waals surface area contributed by atoms with E-state index in [1.54, 1.807) is 18.2 Å². The smallest absolute Gasteiger partial charge is 0.421 e. The van der Waals surface area contributed by atoms with Gasteiger partial charge in [0.2, 0.25) is 0 Å². The molecule has 1 N–H and O–H groups in total. The van der Waals surface area contributed by atoms with Gasteiger partial charge in [-0.1, -0.05) is 84.4 Å². The van der Waals surface area contributed by atoms with Gasteiger partial charge in [0.1, 0.15) is 12.2 Å². The van der Waals surface area contributed by atoms with E-state index in [0.717, 1.165) is 16.7 Å². The van der Waals surface area contributed by atoms with Crippen LogP contribution >= 0.6 is 0 Å². The van der Waals surface area contributed by atoms with Gasteiger partial charge in [-0.3, -0.25) is 0 Å². The normalized spacial score (nSPS) is 12.9. The quantitative estimate of drug-likeness (QED) is 0.320. The first-order chi connectivity index (χ1) is 17.4. The van der Waals surface area contributed by atoms with E-state index < -0.39 is 28.3 Å². The number of hydrogen-bond donors (Lipinski definition) is 1. The van der Waals surface area contributed by atoms with E-state index in [-0.39, 0.29) is 24.5 Å². The lowest BCUT2D eigenvalue weighted by Crippen LogP contribution is -2.41. The molecule has 3 rings (SSSR count). The van der Waals surface area contributed by atoms with Crippen LogP contribution in [0.25, 0.3) is 0 Å². The highest BCUT2D eigenvalue weighted by molar-refractivity contribution is 7.90. The fourth-order valence-electron chi connectivity index (χ4n) is 3.40. The lowest BCUT2D eigenvalue weighted by molar-refractivity contribution is -0.0900. The number of amides is 1. The van der Waals surface area contributed by atoms with Crippen LogP contribution in [-0.4, -0.2) is 33.3 Å².